The van der Waals surface area contributed by atoms with Crippen LogP contribution in [0.2, 0.25) is 0 Å². The van der Waals surface area contributed by atoms with Crippen molar-refractivity contribution in [1.29, 1.82) is 0 Å². The fourth-order valence-electron chi connectivity index (χ4n) is 2.72. The second-order valence-electron chi connectivity index (χ2n) is 5.25. The Kier molecular flexibility index (Phi) is 2.89. The summed E-state index contributed by atoms with van der Waals surface area (Å²) in [4.78, 5) is 32.0. The van der Waals surface area contributed by atoms with Crippen LogP contribution in [0.3, 0.4) is 0 Å². The zero-order valence-electron chi connectivity index (χ0n) is 10.8. The Bertz CT molecular complexity index is 619. The second kappa shape index (κ2) is 4.40. The molecule has 2 aliphatic rings. The summed E-state index contributed by atoms with van der Waals surface area (Å²) >= 11 is 0. The van der Waals surface area contributed by atoms with E-state index in [0.717, 1.165) is 12.3 Å². The van der Waals surface area contributed by atoms with Crippen LogP contribution in [0.5, 0.6) is 0 Å². The van der Waals surface area contributed by atoms with Crippen molar-refractivity contribution < 1.29 is 22.8 Å². The molecule has 0 saturated carbocycles. The summed E-state index contributed by atoms with van der Waals surface area (Å²) in [5, 5.41) is 2.23. The van der Waals surface area contributed by atoms with Gasteiger partial charge in [-0.25, -0.2) is 9.97 Å². The van der Waals surface area contributed by atoms with Crippen molar-refractivity contribution in [3.8, 4) is 0 Å². The van der Waals surface area contributed by atoms with E-state index in [0.29, 0.717) is 13.0 Å². The molecule has 0 bridgehead atoms. The lowest BCUT2D eigenvalue weighted by Gasteiger charge is -2.20. The summed E-state index contributed by atoms with van der Waals surface area (Å²) < 4.78 is 37.9. The molecule has 2 fully saturated rings. The SMILES string of the molecule is O=C1C[C@]2(CCN(c3nccc(C(F)(F)F)n3)C2)C(=O)N1. The van der Waals surface area contributed by atoms with E-state index in [1.807, 2.05) is 0 Å². The van der Waals surface area contributed by atoms with E-state index < -0.39 is 17.3 Å². The number of carbonyl (C=O) groups excluding carboxylic acids is 2. The second-order valence-corrected chi connectivity index (χ2v) is 5.25. The highest BCUT2D eigenvalue weighted by atomic mass is 19.4. The van der Waals surface area contributed by atoms with Gasteiger partial charge in [0.15, 0.2) is 0 Å². The van der Waals surface area contributed by atoms with Crippen molar-refractivity contribution >= 4 is 17.8 Å². The van der Waals surface area contributed by atoms with E-state index in [9.17, 15) is 22.8 Å². The first kappa shape index (κ1) is 13.8. The van der Waals surface area contributed by atoms with Crippen molar-refractivity contribution in [2.45, 2.75) is 19.0 Å². The van der Waals surface area contributed by atoms with E-state index in [-0.39, 0.29) is 30.7 Å². The smallest absolute Gasteiger partial charge is 0.340 e. The number of halogens is 3. The van der Waals surface area contributed by atoms with E-state index in [4.69, 9.17) is 0 Å². The number of alkyl halides is 3. The fourth-order valence-corrected chi connectivity index (χ4v) is 2.72. The molecule has 2 amide bonds. The number of nitrogens with zero attached hydrogens (tertiary/aromatic N) is 3. The first-order chi connectivity index (χ1) is 9.80. The Labute approximate surface area is 117 Å². The molecule has 1 spiro atoms. The number of hydrogen-bond acceptors (Lipinski definition) is 5. The lowest BCUT2D eigenvalue weighted by Crippen LogP contribution is -2.35. The summed E-state index contributed by atoms with van der Waals surface area (Å²) in [6, 6.07) is 0.793. The summed E-state index contributed by atoms with van der Waals surface area (Å²) in [7, 11) is 0. The predicted molar refractivity (Wildman–Crippen MR) is 64.1 cm³/mol. The highest BCUT2D eigenvalue weighted by molar-refractivity contribution is 6.06. The molecule has 0 aromatic carbocycles. The molecule has 2 saturated heterocycles. The monoisotopic (exact) mass is 300 g/mol. The molecule has 112 valence electrons. The number of imide groups is 1. The number of carbonyl (C=O) groups is 2. The molecule has 0 aliphatic carbocycles. The number of nitrogens with one attached hydrogen (secondary N) is 1. The van der Waals surface area contributed by atoms with Gasteiger partial charge < -0.3 is 4.90 Å². The Morgan fingerprint density at radius 1 is 1.33 bits per heavy atom. The fraction of sp³-hybridized carbons (Fsp3) is 0.500. The normalized spacial score (nSPS) is 25.8. The summed E-state index contributed by atoms with van der Waals surface area (Å²) in [6.07, 6.45) is -3.06. The summed E-state index contributed by atoms with van der Waals surface area (Å²) in [6.45, 7) is 0.480. The molecule has 3 rings (SSSR count). The molecule has 2 aliphatic heterocycles. The highest BCUT2D eigenvalue weighted by Crippen LogP contribution is 2.39. The number of hydrogen-bond donors (Lipinski definition) is 1. The molecule has 1 N–H and O–H groups in total. The molecule has 9 heteroatoms. The molecule has 1 aromatic rings. The van der Waals surface area contributed by atoms with Crippen molar-refractivity contribution in [3.63, 3.8) is 0 Å². The van der Waals surface area contributed by atoms with Crippen LogP contribution < -0.4 is 10.2 Å². The molecule has 1 atom stereocenters. The molecule has 0 radical (unpaired) electrons. The molecule has 21 heavy (non-hydrogen) atoms. The maximum atomic E-state index is 12.6. The van der Waals surface area contributed by atoms with Crippen LogP contribution in [0.15, 0.2) is 12.3 Å². The Hall–Kier alpha value is -2.19. The lowest BCUT2D eigenvalue weighted by atomic mass is 9.85. The van der Waals surface area contributed by atoms with Crippen molar-refractivity contribution in [1.82, 2.24) is 15.3 Å². The largest absolute Gasteiger partial charge is 0.433 e. The third kappa shape index (κ3) is 2.32. The van der Waals surface area contributed by atoms with Gasteiger partial charge in [0.05, 0.1) is 5.41 Å². The molecule has 3 heterocycles. The third-order valence-electron chi connectivity index (χ3n) is 3.80. The number of anilines is 1. The number of aromatic nitrogens is 2. The van der Waals surface area contributed by atoms with Gasteiger partial charge in [-0.05, 0) is 12.5 Å². The minimum atomic E-state index is -4.55. The summed E-state index contributed by atoms with van der Waals surface area (Å²) in [5.41, 5.74) is -1.89. The van der Waals surface area contributed by atoms with Gasteiger partial charge >= 0.3 is 6.18 Å². The molecule has 1 aromatic heterocycles. The Morgan fingerprint density at radius 2 is 2.10 bits per heavy atom. The van der Waals surface area contributed by atoms with Gasteiger partial charge in [0.25, 0.3) is 0 Å². The van der Waals surface area contributed by atoms with Crippen LogP contribution in [-0.2, 0) is 15.8 Å². The molecule has 0 unspecified atom stereocenters. The first-order valence-electron chi connectivity index (χ1n) is 6.30. The van der Waals surface area contributed by atoms with Gasteiger partial charge in [-0.3, -0.25) is 14.9 Å². The van der Waals surface area contributed by atoms with Gasteiger partial charge in [0, 0.05) is 25.7 Å². The van der Waals surface area contributed by atoms with Crippen LogP contribution in [0.25, 0.3) is 0 Å². The molecular weight excluding hydrogens is 289 g/mol. The van der Waals surface area contributed by atoms with E-state index in [2.05, 4.69) is 15.3 Å². The molecular formula is C12H11F3N4O2. The van der Waals surface area contributed by atoms with E-state index in [1.165, 1.54) is 4.90 Å². The van der Waals surface area contributed by atoms with Crippen LogP contribution >= 0.6 is 0 Å². The Balaban J connectivity index is 1.84. The number of amides is 2. The van der Waals surface area contributed by atoms with Gasteiger partial charge in [0.1, 0.15) is 5.69 Å². The topological polar surface area (TPSA) is 75.2 Å². The third-order valence-corrected chi connectivity index (χ3v) is 3.80. The average molecular weight is 300 g/mol. The van der Waals surface area contributed by atoms with Crippen LogP contribution in [0.1, 0.15) is 18.5 Å². The summed E-state index contributed by atoms with van der Waals surface area (Å²) in [5.74, 6) is -0.803. The first-order valence-corrected chi connectivity index (χ1v) is 6.30. The number of rotatable bonds is 1. The zero-order valence-corrected chi connectivity index (χ0v) is 10.8. The predicted octanol–water partition coefficient (Wildman–Crippen LogP) is 0.738. The van der Waals surface area contributed by atoms with Crippen molar-refractivity contribution in [2.75, 3.05) is 18.0 Å². The van der Waals surface area contributed by atoms with Crippen molar-refractivity contribution in [2.24, 2.45) is 5.41 Å². The maximum absolute atomic E-state index is 12.6. The van der Waals surface area contributed by atoms with Crippen molar-refractivity contribution in [3.05, 3.63) is 18.0 Å². The van der Waals surface area contributed by atoms with Gasteiger partial charge in [0.2, 0.25) is 17.8 Å². The van der Waals surface area contributed by atoms with E-state index >= 15 is 0 Å². The Morgan fingerprint density at radius 3 is 2.71 bits per heavy atom. The maximum Gasteiger partial charge on any atom is 0.433 e. The van der Waals surface area contributed by atoms with Crippen LogP contribution in [-0.4, -0.2) is 34.9 Å². The highest BCUT2D eigenvalue weighted by Gasteiger charge is 2.51. The van der Waals surface area contributed by atoms with Crippen LogP contribution in [0, 0.1) is 5.41 Å². The lowest BCUT2D eigenvalue weighted by molar-refractivity contribution is -0.141. The average Bonchev–Trinajstić information content (AvgIpc) is 2.94. The quantitative estimate of drug-likeness (QED) is 0.774. The standard InChI is InChI=1S/C12H11F3N4O2/c13-12(14,15)7-1-3-16-10(17-7)19-4-2-11(6-19)5-8(20)18-9(11)21/h1,3H,2,4-6H2,(H,18,20,21)/t11-/m0/s1. The van der Waals surface area contributed by atoms with Gasteiger partial charge in [-0.15, -0.1) is 0 Å². The minimum Gasteiger partial charge on any atom is -0.340 e. The van der Waals surface area contributed by atoms with E-state index in [1.54, 1.807) is 0 Å². The van der Waals surface area contributed by atoms with Gasteiger partial charge in [-0.2, -0.15) is 13.2 Å². The minimum absolute atomic E-state index is 0.0568. The van der Waals surface area contributed by atoms with Crippen LogP contribution in [0.4, 0.5) is 19.1 Å². The molecule has 6 nitrogen and oxygen atoms in total. The zero-order chi connectivity index (χ0) is 15.3. The van der Waals surface area contributed by atoms with Gasteiger partial charge in [-0.1, -0.05) is 0 Å².